The van der Waals surface area contributed by atoms with Gasteiger partial charge in [0.25, 0.3) is 0 Å². The lowest BCUT2D eigenvalue weighted by molar-refractivity contribution is 0.160. The molecule has 0 radical (unpaired) electrons. The number of aromatic nitrogens is 1. The molecular formula is C15H19NO. The van der Waals surface area contributed by atoms with Crippen LogP contribution >= 0.6 is 0 Å². The van der Waals surface area contributed by atoms with Crippen LogP contribution in [0.5, 0.6) is 0 Å². The van der Waals surface area contributed by atoms with Crippen LogP contribution in [0.2, 0.25) is 0 Å². The summed E-state index contributed by atoms with van der Waals surface area (Å²) < 4.78 is 0. The van der Waals surface area contributed by atoms with Gasteiger partial charge in [-0.15, -0.1) is 0 Å². The largest absolute Gasteiger partial charge is 0.388 e. The summed E-state index contributed by atoms with van der Waals surface area (Å²) in [6.45, 7) is 4.35. The zero-order valence-electron chi connectivity index (χ0n) is 10.4. The maximum Gasteiger partial charge on any atom is 0.0811 e. The van der Waals surface area contributed by atoms with E-state index in [-0.39, 0.29) is 0 Å². The number of benzene rings is 1. The van der Waals surface area contributed by atoms with Crippen molar-refractivity contribution in [2.24, 2.45) is 5.92 Å². The van der Waals surface area contributed by atoms with Gasteiger partial charge in [-0.05, 0) is 24.8 Å². The molecule has 0 spiro atoms. The first-order valence-corrected chi connectivity index (χ1v) is 6.20. The fourth-order valence-corrected chi connectivity index (χ4v) is 2.04. The fraction of sp³-hybridized carbons (Fsp3) is 0.400. The number of nitrogens with zero attached hydrogens (tertiary/aromatic N) is 1. The first-order valence-electron chi connectivity index (χ1n) is 6.20. The third-order valence-electron chi connectivity index (χ3n) is 3.04. The van der Waals surface area contributed by atoms with Gasteiger partial charge in [0.2, 0.25) is 0 Å². The normalized spacial score (nSPS) is 13.2. The Morgan fingerprint density at radius 1 is 1.12 bits per heavy atom. The Morgan fingerprint density at radius 2 is 1.88 bits per heavy atom. The fourth-order valence-electron chi connectivity index (χ4n) is 2.04. The predicted octanol–water partition coefficient (Wildman–Crippen LogP) is 3.70. The molecule has 2 aromatic rings. The highest BCUT2D eigenvalue weighted by atomic mass is 16.3. The Bertz CT molecular complexity index is 488. The second-order valence-electron chi connectivity index (χ2n) is 4.91. The van der Waals surface area contributed by atoms with Crippen molar-refractivity contribution in [3.63, 3.8) is 0 Å². The lowest BCUT2D eigenvalue weighted by Gasteiger charge is -2.14. The summed E-state index contributed by atoms with van der Waals surface area (Å²) in [5, 5.41) is 11.3. The molecule has 0 aliphatic heterocycles. The molecule has 1 unspecified atom stereocenters. The van der Waals surface area contributed by atoms with Crippen LogP contribution in [0, 0.1) is 5.92 Å². The van der Waals surface area contributed by atoms with E-state index in [1.807, 2.05) is 30.3 Å². The minimum absolute atomic E-state index is 0.406. The maximum atomic E-state index is 10.2. The number of rotatable bonds is 4. The van der Waals surface area contributed by atoms with Gasteiger partial charge >= 0.3 is 0 Å². The van der Waals surface area contributed by atoms with Crippen molar-refractivity contribution in [2.45, 2.75) is 32.8 Å². The molecule has 1 heterocycles. The highest BCUT2D eigenvalue weighted by Gasteiger charge is 2.12. The molecule has 0 amide bonds. The van der Waals surface area contributed by atoms with Crippen molar-refractivity contribution >= 4 is 10.9 Å². The van der Waals surface area contributed by atoms with Crippen molar-refractivity contribution in [2.75, 3.05) is 0 Å². The zero-order valence-corrected chi connectivity index (χ0v) is 10.4. The van der Waals surface area contributed by atoms with Crippen LogP contribution in [-0.2, 0) is 0 Å². The summed E-state index contributed by atoms with van der Waals surface area (Å²) in [6, 6.07) is 9.94. The van der Waals surface area contributed by atoms with Crippen LogP contribution in [0.3, 0.4) is 0 Å². The highest BCUT2D eigenvalue weighted by Crippen LogP contribution is 2.26. The van der Waals surface area contributed by atoms with Crippen LogP contribution in [0.4, 0.5) is 0 Å². The molecule has 2 nitrogen and oxygen atoms in total. The summed E-state index contributed by atoms with van der Waals surface area (Å²) >= 11 is 0. The Morgan fingerprint density at radius 3 is 2.65 bits per heavy atom. The minimum atomic E-state index is -0.406. The molecule has 2 heteroatoms. The lowest BCUT2D eigenvalue weighted by Crippen LogP contribution is -2.01. The summed E-state index contributed by atoms with van der Waals surface area (Å²) in [7, 11) is 0. The minimum Gasteiger partial charge on any atom is -0.388 e. The third-order valence-corrected chi connectivity index (χ3v) is 3.04. The number of pyridine rings is 1. The SMILES string of the molecule is CC(C)CCC(O)c1cccc2cccnc12. The summed E-state index contributed by atoms with van der Waals surface area (Å²) in [5.41, 5.74) is 1.87. The van der Waals surface area contributed by atoms with E-state index in [0.717, 1.165) is 29.3 Å². The van der Waals surface area contributed by atoms with E-state index in [4.69, 9.17) is 0 Å². The van der Waals surface area contributed by atoms with Gasteiger partial charge in [-0.3, -0.25) is 4.98 Å². The average molecular weight is 229 g/mol. The monoisotopic (exact) mass is 229 g/mol. The number of hydrogen-bond acceptors (Lipinski definition) is 2. The van der Waals surface area contributed by atoms with Crippen LogP contribution in [-0.4, -0.2) is 10.1 Å². The molecular weight excluding hydrogens is 210 g/mol. The first-order chi connectivity index (χ1) is 8.18. The molecule has 17 heavy (non-hydrogen) atoms. The molecule has 0 aliphatic rings. The van der Waals surface area contributed by atoms with Crippen molar-refractivity contribution in [3.8, 4) is 0 Å². The van der Waals surface area contributed by atoms with Gasteiger partial charge in [-0.25, -0.2) is 0 Å². The van der Waals surface area contributed by atoms with Crippen LogP contribution in [0.25, 0.3) is 10.9 Å². The summed E-state index contributed by atoms with van der Waals surface area (Å²) in [5.74, 6) is 0.618. The van der Waals surface area contributed by atoms with Crippen molar-refractivity contribution in [1.82, 2.24) is 4.98 Å². The van der Waals surface area contributed by atoms with E-state index in [1.165, 1.54) is 0 Å². The molecule has 0 fully saturated rings. The third kappa shape index (κ3) is 2.83. The van der Waals surface area contributed by atoms with E-state index >= 15 is 0 Å². The molecule has 2 rings (SSSR count). The quantitative estimate of drug-likeness (QED) is 0.867. The van der Waals surface area contributed by atoms with Crippen LogP contribution in [0.15, 0.2) is 36.5 Å². The molecule has 0 saturated heterocycles. The standard InChI is InChI=1S/C15H19NO/c1-11(2)8-9-14(17)13-7-3-5-12-6-4-10-16-15(12)13/h3-7,10-11,14,17H,8-9H2,1-2H3. The van der Waals surface area contributed by atoms with E-state index in [1.54, 1.807) is 6.20 Å². The van der Waals surface area contributed by atoms with E-state index in [9.17, 15) is 5.11 Å². The van der Waals surface area contributed by atoms with Gasteiger partial charge in [0.05, 0.1) is 11.6 Å². The van der Waals surface area contributed by atoms with E-state index in [2.05, 4.69) is 18.8 Å². The number of para-hydroxylation sites is 1. The highest BCUT2D eigenvalue weighted by molar-refractivity contribution is 5.81. The Hall–Kier alpha value is -1.41. The van der Waals surface area contributed by atoms with Gasteiger partial charge in [0.1, 0.15) is 0 Å². The maximum absolute atomic E-state index is 10.2. The first kappa shape index (κ1) is 12.1. The van der Waals surface area contributed by atoms with Crippen molar-refractivity contribution in [3.05, 3.63) is 42.1 Å². The molecule has 90 valence electrons. The second-order valence-corrected chi connectivity index (χ2v) is 4.91. The molecule has 0 bridgehead atoms. The summed E-state index contributed by atoms with van der Waals surface area (Å²) in [4.78, 5) is 4.37. The Labute approximate surface area is 102 Å². The zero-order chi connectivity index (χ0) is 12.3. The molecule has 0 aliphatic carbocycles. The Balaban J connectivity index is 2.28. The van der Waals surface area contributed by atoms with Gasteiger partial charge in [-0.2, -0.15) is 0 Å². The second kappa shape index (κ2) is 5.28. The van der Waals surface area contributed by atoms with Gasteiger partial charge < -0.3 is 5.11 Å². The van der Waals surface area contributed by atoms with Crippen LogP contribution < -0.4 is 0 Å². The lowest BCUT2D eigenvalue weighted by atomic mass is 9.98. The number of aliphatic hydroxyl groups is 1. The number of hydrogen-bond donors (Lipinski definition) is 1. The summed E-state index contributed by atoms with van der Waals surface area (Å²) in [6.07, 6.45) is 3.20. The van der Waals surface area contributed by atoms with Crippen molar-refractivity contribution < 1.29 is 5.11 Å². The van der Waals surface area contributed by atoms with Crippen molar-refractivity contribution in [1.29, 1.82) is 0 Å². The van der Waals surface area contributed by atoms with Crippen LogP contribution in [0.1, 0.15) is 38.4 Å². The number of aliphatic hydroxyl groups excluding tert-OH is 1. The predicted molar refractivity (Wildman–Crippen MR) is 70.8 cm³/mol. The topological polar surface area (TPSA) is 33.1 Å². The Kier molecular flexibility index (Phi) is 3.75. The van der Waals surface area contributed by atoms with Gasteiger partial charge in [-0.1, -0.05) is 38.1 Å². The number of fused-ring (bicyclic) bond motifs is 1. The smallest absolute Gasteiger partial charge is 0.0811 e. The molecule has 1 aromatic carbocycles. The van der Waals surface area contributed by atoms with E-state index in [0.29, 0.717) is 5.92 Å². The average Bonchev–Trinajstić information content (AvgIpc) is 2.35. The van der Waals surface area contributed by atoms with Gasteiger partial charge in [0.15, 0.2) is 0 Å². The van der Waals surface area contributed by atoms with Gasteiger partial charge in [0, 0.05) is 17.1 Å². The molecule has 1 aromatic heterocycles. The van der Waals surface area contributed by atoms with E-state index < -0.39 is 6.10 Å². The molecule has 1 atom stereocenters. The molecule has 0 saturated carbocycles. The molecule has 1 N–H and O–H groups in total.